The van der Waals surface area contributed by atoms with Gasteiger partial charge in [0.2, 0.25) is 0 Å². The number of phenolic OH excluding ortho intramolecular Hbond substituents is 1. The number of phenols is 1. The van der Waals surface area contributed by atoms with E-state index in [0.29, 0.717) is 11.5 Å². The average molecular weight is 208 g/mol. The molecule has 0 aliphatic heterocycles. The minimum Gasteiger partial charge on any atom is -0.507 e. The summed E-state index contributed by atoms with van der Waals surface area (Å²) in [5.74, 6) is 0.754. The first kappa shape index (κ1) is 12.1. The molecular weight excluding hydrogens is 188 g/mol. The third kappa shape index (κ3) is 2.96. The second-order valence-electron chi connectivity index (χ2n) is 4.64. The lowest BCUT2D eigenvalue weighted by molar-refractivity contribution is 0.194. The van der Waals surface area contributed by atoms with Crippen molar-refractivity contribution in [3.8, 4) is 5.75 Å². The van der Waals surface area contributed by atoms with Gasteiger partial charge in [0.25, 0.3) is 0 Å². The zero-order chi connectivity index (χ0) is 11.6. The van der Waals surface area contributed by atoms with Gasteiger partial charge in [0, 0.05) is 5.56 Å². The third-order valence-electron chi connectivity index (χ3n) is 2.44. The molecular formula is C13H20O2. The van der Waals surface area contributed by atoms with E-state index in [1.165, 1.54) is 0 Å². The molecule has 2 nitrogen and oxygen atoms in total. The number of benzene rings is 1. The standard InChI is InChI=1S/C13H20O2/c1-8(2)5-11-6-9(3)7-12(10(4)14)13(11)15/h6-8,10,14-15H,5H2,1-4H3. The maximum absolute atomic E-state index is 9.97. The van der Waals surface area contributed by atoms with Gasteiger partial charge in [-0.2, -0.15) is 0 Å². The van der Waals surface area contributed by atoms with E-state index >= 15 is 0 Å². The fourth-order valence-electron chi connectivity index (χ4n) is 1.80. The highest BCUT2D eigenvalue weighted by Crippen LogP contribution is 2.30. The Morgan fingerprint density at radius 1 is 1.20 bits per heavy atom. The molecule has 1 aromatic carbocycles. The van der Waals surface area contributed by atoms with Crippen molar-refractivity contribution >= 4 is 0 Å². The normalized spacial score (nSPS) is 13.2. The molecule has 0 radical (unpaired) electrons. The van der Waals surface area contributed by atoms with Gasteiger partial charge in [-0.25, -0.2) is 0 Å². The van der Waals surface area contributed by atoms with E-state index in [1.807, 2.05) is 19.1 Å². The summed E-state index contributed by atoms with van der Waals surface area (Å²) < 4.78 is 0. The van der Waals surface area contributed by atoms with Crippen LogP contribution < -0.4 is 0 Å². The van der Waals surface area contributed by atoms with Crippen LogP contribution in [0, 0.1) is 12.8 Å². The van der Waals surface area contributed by atoms with Gasteiger partial charge in [-0.05, 0) is 37.8 Å². The highest BCUT2D eigenvalue weighted by Gasteiger charge is 2.13. The molecule has 2 N–H and O–H groups in total. The first-order valence-electron chi connectivity index (χ1n) is 5.42. The van der Waals surface area contributed by atoms with Crippen molar-refractivity contribution in [2.24, 2.45) is 5.92 Å². The van der Waals surface area contributed by atoms with Crippen LogP contribution in [0.3, 0.4) is 0 Å². The van der Waals surface area contributed by atoms with Crippen molar-refractivity contribution in [1.29, 1.82) is 0 Å². The number of hydrogen-bond donors (Lipinski definition) is 2. The van der Waals surface area contributed by atoms with Gasteiger partial charge >= 0.3 is 0 Å². The summed E-state index contributed by atoms with van der Waals surface area (Å²) in [4.78, 5) is 0. The summed E-state index contributed by atoms with van der Waals surface area (Å²) >= 11 is 0. The summed E-state index contributed by atoms with van der Waals surface area (Å²) in [5.41, 5.74) is 2.64. The fourth-order valence-corrected chi connectivity index (χ4v) is 1.80. The lowest BCUT2D eigenvalue weighted by Gasteiger charge is -2.14. The molecule has 1 aromatic rings. The van der Waals surface area contributed by atoms with Crippen molar-refractivity contribution in [1.82, 2.24) is 0 Å². The quantitative estimate of drug-likeness (QED) is 0.801. The molecule has 0 amide bonds. The molecule has 2 heteroatoms. The second kappa shape index (κ2) is 4.67. The number of aryl methyl sites for hydroxylation is 1. The largest absolute Gasteiger partial charge is 0.507 e. The molecule has 0 saturated heterocycles. The molecule has 0 aromatic heterocycles. The number of aliphatic hydroxyl groups is 1. The van der Waals surface area contributed by atoms with E-state index in [4.69, 9.17) is 0 Å². The van der Waals surface area contributed by atoms with E-state index in [2.05, 4.69) is 13.8 Å². The third-order valence-corrected chi connectivity index (χ3v) is 2.44. The molecule has 1 rings (SSSR count). The molecule has 0 aliphatic rings. The maximum Gasteiger partial charge on any atom is 0.124 e. The lowest BCUT2D eigenvalue weighted by Crippen LogP contribution is -2.00. The Kier molecular flexibility index (Phi) is 3.75. The topological polar surface area (TPSA) is 40.5 Å². The Hall–Kier alpha value is -1.02. The summed E-state index contributed by atoms with van der Waals surface area (Å²) in [5, 5.41) is 19.5. The summed E-state index contributed by atoms with van der Waals surface area (Å²) in [6, 6.07) is 3.82. The minimum atomic E-state index is -0.615. The molecule has 0 spiro atoms. The summed E-state index contributed by atoms with van der Waals surface area (Å²) in [6.07, 6.45) is 0.226. The van der Waals surface area contributed by atoms with Crippen molar-refractivity contribution < 1.29 is 10.2 Å². The number of aromatic hydroxyl groups is 1. The van der Waals surface area contributed by atoms with Crippen molar-refractivity contribution in [2.45, 2.75) is 40.2 Å². The highest BCUT2D eigenvalue weighted by atomic mass is 16.3. The van der Waals surface area contributed by atoms with Gasteiger partial charge in [0.15, 0.2) is 0 Å². The van der Waals surface area contributed by atoms with Crippen LogP contribution in [0.4, 0.5) is 0 Å². The first-order valence-corrected chi connectivity index (χ1v) is 5.42. The van der Waals surface area contributed by atoms with Gasteiger partial charge < -0.3 is 10.2 Å². The monoisotopic (exact) mass is 208 g/mol. The molecule has 1 unspecified atom stereocenters. The van der Waals surface area contributed by atoms with Crippen molar-refractivity contribution in [3.05, 3.63) is 28.8 Å². The van der Waals surface area contributed by atoms with Crippen molar-refractivity contribution in [2.75, 3.05) is 0 Å². The van der Waals surface area contributed by atoms with Crippen LogP contribution in [-0.2, 0) is 6.42 Å². The molecule has 1 atom stereocenters. The van der Waals surface area contributed by atoms with Crippen molar-refractivity contribution in [3.63, 3.8) is 0 Å². The van der Waals surface area contributed by atoms with Crippen LogP contribution in [0.15, 0.2) is 12.1 Å². The maximum atomic E-state index is 9.97. The lowest BCUT2D eigenvalue weighted by atomic mass is 9.95. The van der Waals surface area contributed by atoms with Crippen LogP contribution in [0.5, 0.6) is 5.75 Å². The number of rotatable bonds is 3. The Morgan fingerprint density at radius 2 is 1.80 bits per heavy atom. The SMILES string of the molecule is Cc1cc(CC(C)C)c(O)c(C(C)O)c1. The Morgan fingerprint density at radius 3 is 2.27 bits per heavy atom. The van der Waals surface area contributed by atoms with Gasteiger partial charge in [-0.1, -0.05) is 25.5 Å². The summed E-state index contributed by atoms with van der Waals surface area (Å²) in [7, 11) is 0. The average Bonchev–Trinajstić information content (AvgIpc) is 2.09. The van der Waals surface area contributed by atoms with Gasteiger partial charge in [-0.15, -0.1) is 0 Å². The molecule has 0 aliphatic carbocycles. The number of hydrogen-bond acceptors (Lipinski definition) is 2. The predicted octanol–water partition coefficient (Wildman–Crippen LogP) is 2.95. The Bertz CT molecular complexity index is 341. The smallest absolute Gasteiger partial charge is 0.124 e. The molecule has 15 heavy (non-hydrogen) atoms. The predicted molar refractivity (Wildman–Crippen MR) is 62.0 cm³/mol. The van der Waals surface area contributed by atoms with Gasteiger partial charge in [0.1, 0.15) is 5.75 Å². The summed E-state index contributed by atoms with van der Waals surface area (Å²) in [6.45, 7) is 7.89. The highest BCUT2D eigenvalue weighted by molar-refractivity contribution is 5.44. The van der Waals surface area contributed by atoms with Crippen LogP contribution in [0.1, 0.15) is 43.6 Å². The molecule has 0 bridgehead atoms. The van der Waals surface area contributed by atoms with Gasteiger partial charge in [-0.3, -0.25) is 0 Å². The van der Waals surface area contributed by atoms with E-state index < -0.39 is 6.10 Å². The Labute approximate surface area is 91.6 Å². The first-order chi connectivity index (χ1) is 6.91. The molecule has 0 heterocycles. The Balaban J connectivity index is 3.16. The van der Waals surface area contributed by atoms with E-state index in [9.17, 15) is 10.2 Å². The molecule has 0 fully saturated rings. The zero-order valence-electron chi connectivity index (χ0n) is 9.91. The molecule has 84 valence electrons. The van der Waals surface area contributed by atoms with E-state index in [0.717, 1.165) is 17.5 Å². The van der Waals surface area contributed by atoms with E-state index in [-0.39, 0.29) is 5.75 Å². The van der Waals surface area contributed by atoms with Crippen LogP contribution in [0.25, 0.3) is 0 Å². The zero-order valence-corrected chi connectivity index (χ0v) is 9.91. The fraction of sp³-hybridized carbons (Fsp3) is 0.538. The van der Waals surface area contributed by atoms with Crippen LogP contribution in [-0.4, -0.2) is 10.2 Å². The second-order valence-corrected chi connectivity index (χ2v) is 4.64. The van der Waals surface area contributed by atoms with Crippen LogP contribution >= 0.6 is 0 Å². The number of aliphatic hydroxyl groups excluding tert-OH is 1. The minimum absolute atomic E-state index is 0.254. The van der Waals surface area contributed by atoms with E-state index in [1.54, 1.807) is 6.92 Å². The van der Waals surface area contributed by atoms with Crippen LogP contribution in [0.2, 0.25) is 0 Å². The van der Waals surface area contributed by atoms with Gasteiger partial charge in [0.05, 0.1) is 6.10 Å². The molecule has 0 saturated carbocycles.